The van der Waals surface area contributed by atoms with E-state index in [0.717, 1.165) is 0 Å². The normalized spacial score (nSPS) is 12.7. The van der Waals surface area contributed by atoms with E-state index in [-0.39, 0.29) is 29.0 Å². The van der Waals surface area contributed by atoms with Crippen molar-refractivity contribution in [1.82, 2.24) is 19.8 Å². The molecule has 8 nitrogen and oxygen atoms in total. The molecule has 1 heterocycles. The van der Waals surface area contributed by atoms with Gasteiger partial charge in [-0.25, -0.2) is 13.1 Å². The lowest BCUT2D eigenvalue weighted by Crippen LogP contribution is -2.35. The van der Waals surface area contributed by atoms with Crippen molar-refractivity contribution >= 4 is 15.9 Å². The van der Waals surface area contributed by atoms with Gasteiger partial charge >= 0.3 is 0 Å². The molecule has 0 aliphatic rings. The lowest BCUT2D eigenvalue weighted by atomic mass is 10.2. The average molecular weight is 366 g/mol. The molecule has 1 aromatic carbocycles. The van der Waals surface area contributed by atoms with Crippen LogP contribution in [0.25, 0.3) is 0 Å². The molecule has 0 radical (unpaired) electrons. The van der Waals surface area contributed by atoms with Gasteiger partial charge in [0.25, 0.3) is 5.91 Å². The van der Waals surface area contributed by atoms with E-state index in [1.54, 1.807) is 43.2 Å². The van der Waals surface area contributed by atoms with E-state index < -0.39 is 10.0 Å². The first kappa shape index (κ1) is 19.1. The number of carbonyl (C=O) groups is 1. The van der Waals surface area contributed by atoms with E-state index in [0.29, 0.717) is 13.2 Å². The number of hydrogen-bond donors (Lipinski definition) is 2. The van der Waals surface area contributed by atoms with Crippen molar-refractivity contribution < 1.29 is 17.9 Å². The zero-order valence-electron chi connectivity index (χ0n) is 14.2. The number of benzene rings is 1. The molecule has 0 aliphatic carbocycles. The van der Waals surface area contributed by atoms with Crippen LogP contribution in [0.4, 0.5) is 0 Å². The number of ether oxygens (including phenoxy) is 1. The summed E-state index contributed by atoms with van der Waals surface area (Å²) < 4.78 is 33.8. The Morgan fingerprint density at radius 1 is 1.36 bits per heavy atom. The monoisotopic (exact) mass is 366 g/mol. The number of amides is 1. The highest BCUT2D eigenvalue weighted by atomic mass is 32.2. The van der Waals surface area contributed by atoms with Crippen LogP contribution in [0.5, 0.6) is 0 Å². The van der Waals surface area contributed by atoms with Gasteiger partial charge in [0, 0.05) is 37.7 Å². The van der Waals surface area contributed by atoms with Crippen LogP contribution in [0.3, 0.4) is 0 Å². The number of hydrogen-bond acceptors (Lipinski definition) is 5. The molecule has 0 unspecified atom stereocenters. The highest BCUT2D eigenvalue weighted by molar-refractivity contribution is 7.89. The third-order valence-electron chi connectivity index (χ3n) is 3.39. The van der Waals surface area contributed by atoms with Crippen molar-refractivity contribution in [3.8, 4) is 0 Å². The second kappa shape index (κ2) is 8.75. The molecule has 1 atom stereocenters. The van der Waals surface area contributed by atoms with Gasteiger partial charge in [0.2, 0.25) is 10.0 Å². The first-order valence-electron chi connectivity index (χ1n) is 7.79. The van der Waals surface area contributed by atoms with E-state index in [1.807, 2.05) is 0 Å². The Bertz CT molecular complexity index is 790. The third-order valence-corrected chi connectivity index (χ3v) is 4.85. The molecule has 2 aromatic rings. The van der Waals surface area contributed by atoms with Crippen LogP contribution in [0.1, 0.15) is 17.3 Å². The van der Waals surface area contributed by atoms with Gasteiger partial charge < -0.3 is 10.1 Å². The summed E-state index contributed by atoms with van der Waals surface area (Å²) in [5.41, 5.74) is 0.276. The van der Waals surface area contributed by atoms with Crippen molar-refractivity contribution in [3.63, 3.8) is 0 Å². The van der Waals surface area contributed by atoms with Gasteiger partial charge in [0.15, 0.2) is 0 Å². The van der Waals surface area contributed by atoms with Crippen LogP contribution in [-0.2, 0) is 21.3 Å². The SMILES string of the molecule is COC[C@H](C)NC(=O)c1cccc(S(=O)(=O)NCCn2cccn2)c1. The van der Waals surface area contributed by atoms with Crippen LogP contribution in [0.2, 0.25) is 0 Å². The van der Waals surface area contributed by atoms with Gasteiger partial charge in [-0.05, 0) is 31.2 Å². The van der Waals surface area contributed by atoms with Gasteiger partial charge in [-0.1, -0.05) is 6.07 Å². The molecule has 0 saturated heterocycles. The van der Waals surface area contributed by atoms with E-state index in [4.69, 9.17) is 4.74 Å². The predicted octanol–water partition coefficient (Wildman–Crippen LogP) is 0.626. The summed E-state index contributed by atoms with van der Waals surface area (Å²) >= 11 is 0. The quantitative estimate of drug-likeness (QED) is 0.678. The van der Waals surface area contributed by atoms with Crippen molar-refractivity contribution in [1.29, 1.82) is 0 Å². The standard InChI is InChI=1S/C16H22N4O4S/c1-13(12-24-2)19-16(21)14-5-3-6-15(11-14)25(22,23)18-8-10-20-9-4-7-17-20/h3-7,9,11,13,18H,8,10,12H2,1-2H3,(H,19,21)/t13-/m0/s1. The molecule has 25 heavy (non-hydrogen) atoms. The highest BCUT2D eigenvalue weighted by Crippen LogP contribution is 2.11. The molecule has 1 aromatic heterocycles. The number of aromatic nitrogens is 2. The van der Waals surface area contributed by atoms with Crippen LogP contribution in [-0.4, -0.2) is 50.4 Å². The molecule has 0 aliphatic heterocycles. The Morgan fingerprint density at radius 2 is 2.16 bits per heavy atom. The molecule has 2 N–H and O–H groups in total. The second-order valence-corrected chi connectivity index (χ2v) is 7.29. The van der Waals surface area contributed by atoms with Crippen LogP contribution in [0, 0.1) is 0 Å². The molecule has 0 spiro atoms. The molecule has 9 heteroatoms. The Kier molecular flexibility index (Phi) is 6.68. The molecule has 2 rings (SSSR count). The third kappa shape index (κ3) is 5.66. The largest absolute Gasteiger partial charge is 0.383 e. The van der Waals surface area contributed by atoms with Crippen LogP contribution >= 0.6 is 0 Å². The minimum absolute atomic E-state index is 0.0417. The number of rotatable bonds is 9. The minimum Gasteiger partial charge on any atom is -0.383 e. The number of nitrogens with zero attached hydrogens (tertiary/aromatic N) is 2. The number of nitrogens with one attached hydrogen (secondary N) is 2. The van der Waals surface area contributed by atoms with Gasteiger partial charge in [0.05, 0.1) is 18.0 Å². The fourth-order valence-corrected chi connectivity index (χ4v) is 3.28. The molecular formula is C16H22N4O4S. The topological polar surface area (TPSA) is 102 Å². The highest BCUT2D eigenvalue weighted by Gasteiger charge is 2.16. The first-order chi connectivity index (χ1) is 11.9. The molecule has 0 fully saturated rings. The van der Waals surface area contributed by atoms with Crippen LogP contribution in [0.15, 0.2) is 47.6 Å². The summed E-state index contributed by atoms with van der Waals surface area (Å²) in [6, 6.07) is 7.50. The lowest BCUT2D eigenvalue weighted by molar-refractivity contribution is 0.0905. The van der Waals surface area contributed by atoms with Crippen molar-refractivity contribution in [2.24, 2.45) is 0 Å². The fraction of sp³-hybridized carbons (Fsp3) is 0.375. The maximum Gasteiger partial charge on any atom is 0.251 e. The minimum atomic E-state index is -3.70. The first-order valence-corrected chi connectivity index (χ1v) is 9.27. The Balaban J connectivity index is 2.01. The lowest BCUT2D eigenvalue weighted by Gasteiger charge is -2.13. The maximum atomic E-state index is 12.4. The van der Waals surface area contributed by atoms with Gasteiger partial charge in [-0.15, -0.1) is 0 Å². The summed E-state index contributed by atoms with van der Waals surface area (Å²) in [4.78, 5) is 12.2. The van der Waals surface area contributed by atoms with Gasteiger partial charge in [0.1, 0.15) is 0 Å². The number of carbonyl (C=O) groups excluding carboxylic acids is 1. The molecular weight excluding hydrogens is 344 g/mol. The Hall–Kier alpha value is -2.23. The average Bonchev–Trinajstić information content (AvgIpc) is 3.08. The number of sulfonamides is 1. The smallest absolute Gasteiger partial charge is 0.251 e. The predicted molar refractivity (Wildman–Crippen MR) is 92.7 cm³/mol. The van der Waals surface area contributed by atoms with E-state index >= 15 is 0 Å². The van der Waals surface area contributed by atoms with E-state index in [1.165, 1.54) is 18.2 Å². The van der Waals surface area contributed by atoms with Crippen molar-refractivity contribution in [3.05, 3.63) is 48.3 Å². The summed E-state index contributed by atoms with van der Waals surface area (Å²) in [6.07, 6.45) is 3.38. The molecule has 1 amide bonds. The van der Waals surface area contributed by atoms with E-state index in [9.17, 15) is 13.2 Å². The Morgan fingerprint density at radius 3 is 2.84 bits per heavy atom. The number of methoxy groups -OCH3 is 1. The zero-order valence-corrected chi connectivity index (χ0v) is 15.0. The molecule has 0 saturated carbocycles. The fourth-order valence-electron chi connectivity index (χ4n) is 2.21. The Labute approximate surface area is 147 Å². The zero-order chi connectivity index (χ0) is 18.3. The maximum absolute atomic E-state index is 12.4. The summed E-state index contributed by atoms with van der Waals surface area (Å²) in [6.45, 7) is 2.80. The molecule has 0 bridgehead atoms. The van der Waals surface area contributed by atoms with Gasteiger partial charge in [-0.3, -0.25) is 9.48 Å². The second-order valence-electron chi connectivity index (χ2n) is 5.52. The van der Waals surface area contributed by atoms with Gasteiger partial charge in [-0.2, -0.15) is 5.10 Å². The summed E-state index contributed by atoms with van der Waals surface area (Å²) in [7, 11) is -2.16. The van der Waals surface area contributed by atoms with Crippen LogP contribution < -0.4 is 10.0 Å². The van der Waals surface area contributed by atoms with Crippen molar-refractivity contribution in [2.45, 2.75) is 24.4 Å². The van der Waals surface area contributed by atoms with Crippen molar-refractivity contribution in [2.75, 3.05) is 20.3 Å². The summed E-state index contributed by atoms with van der Waals surface area (Å²) in [5.74, 6) is -0.349. The van der Waals surface area contributed by atoms with E-state index in [2.05, 4.69) is 15.1 Å². The molecule has 136 valence electrons. The summed E-state index contributed by atoms with van der Waals surface area (Å²) in [5, 5.41) is 6.75.